The van der Waals surface area contributed by atoms with Gasteiger partial charge in [0.15, 0.2) is 0 Å². The SMILES string of the molecule is Cn1cccc1-n1c(=O)c2ccccc2n(-c2ccc(Cl)c(Cl)c2)c1=O. The molecule has 0 saturated carbocycles. The Morgan fingerprint density at radius 1 is 0.846 bits per heavy atom. The third kappa shape index (κ3) is 2.48. The lowest BCUT2D eigenvalue weighted by molar-refractivity contribution is 0.763. The fraction of sp³-hybridized carbons (Fsp3) is 0.0526. The molecule has 0 N–H and O–H groups in total. The fourth-order valence-electron chi connectivity index (χ4n) is 3.02. The average molecular weight is 386 g/mol. The minimum absolute atomic E-state index is 0.330. The maximum atomic E-state index is 13.3. The van der Waals surface area contributed by atoms with Crippen LogP contribution in [0.2, 0.25) is 10.0 Å². The molecular weight excluding hydrogens is 373 g/mol. The highest BCUT2D eigenvalue weighted by atomic mass is 35.5. The van der Waals surface area contributed by atoms with Crippen LogP contribution < -0.4 is 11.2 Å². The van der Waals surface area contributed by atoms with Gasteiger partial charge in [0.05, 0.1) is 26.6 Å². The van der Waals surface area contributed by atoms with Crippen molar-refractivity contribution in [2.75, 3.05) is 0 Å². The Morgan fingerprint density at radius 2 is 1.62 bits per heavy atom. The van der Waals surface area contributed by atoms with Crippen LogP contribution in [-0.2, 0) is 7.05 Å². The average Bonchev–Trinajstić information content (AvgIpc) is 3.04. The number of hydrogen-bond acceptors (Lipinski definition) is 2. The van der Waals surface area contributed by atoms with Crippen molar-refractivity contribution in [2.24, 2.45) is 7.05 Å². The predicted octanol–water partition coefficient (Wildman–Crippen LogP) is 3.79. The molecule has 130 valence electrons. The van der Waals surface area contributed by atoms with E-state index in [0.717, 1.165) is 4.57 Å². The second kappa shape index (κ2) is 6.20. The van der Waals surface area contributed by atoms with Crippen molar-refractivity contribution in [2.45, 2.75) is 0 Å². The molecule has 0 unspecified atom stereocenters. The number of aryl methyl sites for hydroxylation is 1. The topological polar surface area (TPSA) is 48.9 Å². The maximum absolute atomic E-state index is 13.3. The van der Waals surface area contributed by atoms with Gasteiger partial charge in [-0.25, -0.2) is 9.36 Å². The van der Waals surface area contributed by atoms with Crippen LogP contribution in [0.1, 0.15) is 0 Å². The summed E-state index contributed by atoms with van der Waals surface area (Å²) in [5.74, 6) is 0.486. The molecule has 0 amide bonds. The van der Waals surface area contributed by atoms with E-state index in [0.29, 0.717) is 32.5 Å². The van der Waals surface area contributed by atoms with Crippen LogP contribution in [0.4, 0.5) is 0 Å². The van der Waals surface area contributed by atoms with Crippen LogP contribution in [-0.4, -0.2) is 13.7 Å². The van der Waals surface area contributed by atoms with Crippen LogP contribution >= 0.6 is 23.2 Å². The summed E-state index contributed by atoms with van der Waals surface area (Å²) in [5, 5.41) is 1.15. The molecule has 0 spiro atoms. The molecule has 2 aromatic heterocycles. The number of aromatic nitrogens is 3. The molecule has 0 aliphatic carbocycles. The van der Waals surface area contributed by atoms with E-state index in [2.05, 4.69) is 0 Å². The maximum Gasteiger partial charge on any atom is 0.341 e. The summed E-state index contributed by atoms with van der Waals surface area (Å²) in [4.78, 5) is 26.3. The Kier molecular flexibility index (Phi) is 3.98. The molecule has 0 radical (unpaired) electrons. The molecule has 4 aromatic rings. The highest BCUT2D eigenvalue weighted by Gasteiger charge is 2.17. The van der Waals surface area contributed by atoms with E-state index in [-0.39, 0.29) is 5.56 Å². The van der Waals surface area contributed by atoms with Gasteiger partial charge in [-0.1, -0.05) is 35.3 Å². The van der Waals surface area contributed by atoms with Crippen molar-refractivity contribution in [1.29, 1.82) is 0 Å². The van der Waals surface area contributed by atoms with Gasteiger partial charge in [-0.2, -0.15) is 0 Å². The van der Waals surface area contributed by atoms with Gasteiger partial charge >= 0.3 is 5.69 Å². The quantitative estimate of drug-likeness (QED) is 0.527. The first-order valence-corrected chi connectivity index (χ1v) is 8.58. The third-order valence-corrected chi connectivity index (χ3v) is 5.01. The van der Waals surface area contributed by atoms with E-state index in [9.17, 15) is 9.59 Å². The summed E-state index contributed by atoms with van der Waals surface area (Å²) in [6.45, 7) is 0. The number of rotatable bonds is 2. The van der Waals surface area contributed by atoms with Crippen molar-refractivity contribution in [1.82, 2.24) is 13.7 Å². The molecule has 0 atom stereocenters. The van der Waals surface area contributed by atoms with Crippen LogP contribution in [0.15, 0.2) is 70.4 Å². The van der Waals surface area contributed by atoms with Crippen molar-refractivity contribution >= 4 is 34.1 Å². The molecule has 4 rings (SSSR count). The van der Waals surface area contributed by atoms with Gasteiger partial charge in [-0.15, -0.1) is 0 Å². The van der Waals surface area contributed by atoms with Crippen LogP contribution in [0, 0.1) is 0 Å². The third-order valence-electron chi connectivity index (χ3n) is 4.27. The Labute approximate surface area is 158 Å². The first-order chi connectivity index (χ1) is 12.5. The smallest absolute Gasteiger partial charge is 0.337 e. The monoisotopic (exact) mass is 385 g/mol. The Morgan fingerprint density at radius 3 is 2.31 bits per heavy atom. The molecular formula is C19H13Cl2N3O2. The lowest BCUT2D eigenvalue weighted by atomic mass is 10.2. The second-order valence-electron chi connectivity index (χ2n) is 5.85. The van der Waals surface area contributed by atoms with Crippen molar-refractivity contribution in [3.63, 3.8) is 0 Å². The molecule has 2 heterocycles. The standard InChI is InChI=1S/C19H13Cl2N3O2/c1-22-10-4-7-17(22)24-18(25)13-5-2-3-6-16(13)23(19(24)26)12-8-9-14(20)15(21)11-12/h2-11H,1H3. The zero-order valence-electron chi connectivity index (χ0n) is 13.7. The summed E-state index contributed by atoms with van der Waals surface area (Å²) in [7, 11) is 1.78. The lowest BCUT2D eigenvalue weighted by Crippen LogP contribution is -2.39. The zero-order valence-corrected chi connectivity index (χ0v) is 15.2. The van der Waals surface area contributed by atoms with Crippen LogP contribution in [0.5, 0.6) is 0 Å². The van der Waals surface area contributed by atoms with Crippen molar-refractivity contribution < 1.29 is 0 Å². The summed E-state index contributed by atoms with van der Waals surface area (Å²) in [6, 6.07) is 15.4. The van der Waals surface area contributed by atoms with Gasteiger partial charge in [0.2, 0.25) is 0 Å². The second-order valence-corrected chi connectivity index (χ2v) is 6.67. The summed E-state index contributed by atoms with van der Waals surface area (Å²) >= 11 is 12.1. The minimum Gasteiger partial charge on any atom is -0.337 e. The Balaban J connectivity index is 2.19. The normalized spacial score (nSPS) is 11.2. The van der Waals surface area contributed by atoms with Crippen molar-refractivity contribution in [3.05, 3.63) is 91.7 Å². The van der Waals surface area contributed by atoms with Crippen LogP contribution in [0.3, 0.4) is 0 Å². The van der Waals surface area contributed by atoms with Gasteiger partial charge in [0.25, 0.3) is 5.56 Å². The van der Waals surface area contributed by atoms with E-state index in [1.165, 1.54) is 4.57 Å². The first-order valence-electron chi connectivity index (χ1n) is 7.83. The van der Waals surface area contributed by atoms with E-state index >= 15 is 0 Å². The number of halogens is 2. The van der Waals surface area contributed by atoms with Gasteiger partial charge < -0.3 is 4.57 Å². The molecule has 5 nitrogen and oxygen atoms in total. The van der Waals surface area contributed by atoms with Gasteiger partial charge in [0.1, 0.15) is 5.82 Å². The highest BCUT2D eigenvalue weighted by Crippen LogP contribution is 2.25. The molecule has 26 heavy (non-hydrogen) atoms. The van der Waals surface area contributed by atoms with Gasteiger partial charge in [0, 0.05) is 13.2 Å². The van der Waals surface area contributed by atoms with Crippen molar-refractivity contribution in [3.8, 4) is 11.5 Å². The highest BCUT2D eigenvalue weighted by molar-refractivity contribution is 6.42. The van der Waals surface area contributed by atoms with Gasteiger partial charge in [-0.05, 0) is 42.5 Å². The molecule has 0 fully saturated rings. The molecule has 7 heteroatoms. The largest absolute Gasteiger partial charge is 0.341 e. The molecule has 0 aliphatic heterocycles. The minimum atomic E-state index is -0.478. The Bertz CT molecular complexity index is 1270. The van der Waals surface area contributed by atoms with Gasteiger partial charge in [-0.3, -0.25) is 9.36 Å². The number of para-hydroxylation sites is 1. The van der Waals surface area contributed by atoms with E-state index in [1.807, 2.05) is 0 Å². The van der Waals surface area contributed by atoms with E-state index < -0.39 is 5.69 Å². The Hall–Kier alpha value is -2.76. The summed E-state index contributed by atoms with van der Waals surface area (Å²) in [5.41, 5.74) is 0.188. The zero-order chi connectivity index (χ0) is 18.4. The van der Waals surface area contributed by atoms with E-state index in [1.54, 1.807) is 72.4 Å². The molecule has 0 aliphatic rings. The molecule has 0 bridgehead atoms. The number of benzene rings is 2. The molecule has 0 saturated heterocycles. The predicted molar refractivity (Wildman–Crippen MR) is 104 cm³/mol. The summed E-state index contributed by atoms with van der Waals surface area (Å²) in [6.07, 6.45) is 1.78. The number of hydrogen-bond donors (Lipinski definition) is 0. The summed E-state index contributed by atoms with van der Waals surface area (Å²) < 4.78 is 4.34. The lowest BCUT2D eigenvalue weighted by Gasteiger charge is -2.15. The fourth-order valence-corrected chi connectivity index (χ4v) is 3.31. The first kappa shape index (κ1) is 16.7. The van der Waals surface area contributed by atoms with Crippen LogP contribution in [0.25, 0.3) is 22.4 Å². The van der Waals surface area contributed by atoms with E-state index in [4.69, 9.17) is 23.2 Å². The number of nitrogens with zero attached hydrogens (tertiary/aromatic N) is 3. The number of fused-ring (bicyclic) bond motifs is 1. The molecule has 2 aromatic carbocycles.